The molecule has 2 N–H and O–H groups in total. The smallest absolute Gasteiger partial charge is 0.269 e. The van der Waals surface area contributed by atoms with Gasteiger partial charge in [0.25, 0.3) is 11.6 Å². The zero-order valence-corrected chi connectivity index (χ0v) is 22.6. The van der Waals surface area contributed by atoms with Gasteiger partial charge in [-0.1, -0.05) is 36.4 Å². The zero-order chi connectivity index (χ0) is 27.2. The Hall–Kier alpha value is -4.32. The van der Waals surface area contributed by atoms with Crippen LogP contribution in [-0.4, -0.2) is 21.7 Å². The van der Waals surface area contributed by atoms with Crippen molar-refractivity contribution in [1.29, 1.82) is 0 Å². The Morgan fingerprint density at radius 3 is 2.28 bits per heavy atom. The molecule has 8 nitrogen and oxygen atoms in total. The number of nitro benzene ring substituents is 1. The van der Waals surface area contributed by atoms with E-state index in [1.54, 1.807) is 23.5 Å². The minimum absolute atomic E-state index is 0.0808. The van der Waals surface area contributed by atoms with Crippen molar-refractivity contribution < 1.29 is 14.5 Å². The van der Waals surface area contributed by atoms with E-state index >= 15 is 0 Å². The second-order valence-electron chi connectivity index (χ2n) is 8.20. The van der Waals surface area contributed by atoms with Crippen molar-refractivity contribution in [3.8, 4) is 10.6 Å². The van der Waals surface area contributed by atoms with E-state index in [4.69, 9.17) is 0 Å². The van der Waals surface area contributed by atoms with E-state index in [1.807, 2.05) is 65.4 Å². The third-order valence-corrected chi connectivity index (χ3v) is 8.47. The minimum atomic E-state index is -0.527. The number of rotatable bonds is 9. The Labute approximate surface area is 235 Å². The van der Waals surface area contributed by atoms with Crippen LogP contribution in [0.25, 0.3) is 10.6 Å². The van der Waals surface area contributed by atoms with Gasteiger partial charge in [-0.15, -0.1) is 34.4 Å². The normalized spacial score (nSPS) is 11.5. The summed E-state index contributed by atoms with van der Waals surface area (Å²) in [6.07, 6.45) is 0. The van der Waals surface area contributed by atoms with E-state index in [0.717, 1.165) is 21.0 Å². The number of thiophene rings is 1. The lowest BCUT2D eigenvalue weighted by atomic mass is 10.1. The van der Waals surface area contributed by atoms with Crippen LogP contribution in [0, 0.1) is 10.1 Å². The van der Waals surface area contributed by atoms with E-state index in [2.05, 4.69) is 15.6 Å². The molecule has 5 rings (SSSR count). The molecule has 194 valence electrons. The fourth-order valence-electron chi connectivity index (χ4n) is 3.63. The molecule has 0 saturated carbocycles. The van der Waals surface area contributed by atoms with Gasteiger partial charge in [-0.2, -0.15) is 0 Å². The second kappa shape index (κ2) is 12.0. The first-order valence-electron chi connectivity index (χ1n) is 11.6. The Morgan fingerprint density at radius 1 is 0.872 bits per heavy atom. The quantitative estimate of drug-likeness (QED) is 0.107. The highest BCUT2D eigenvalue weighted by Gasteiger charge is 2.23. The Kier molecular flexibility index (Phi) is 8.11. The van der Waals surface area contributed by atoms with Crippen molar-refractivity contribution >= 4 is 62.8 Å². The van der Waals surface area contributed by atoms with Crippen LogP contribution in [-0.2, 0) is 4.79 Å². The van der Waals surface area contributed by atoms with Crippen LogP contribution in [0.15, 0.2) is 107 Å². The molecule has 0 bridgehead atoms. The number of amides is 2. The van der Waals surface area contributed by atoms with Crippen molar-refractivity contribution in [3.05, 3.63) is 123 Å². The van der Waals surface area contributed by atoms with Crippen LogP contribution in [0.2, 0.25) is 0 Å². The molecule has 1 unspecified atom stereocenters. The molecule has 3 aromatic carbocycles. The molecule has 2 aromatic heterocycles. The Balaban J connectivity index is 1.27. The highest BCUT2D eigenvalue weighted by molar-refractivity contribution is 8.00. The Morgan fingerprint density at radius 2 is 1.62 bits per heavy atom. The molecule has 39 heavy (non-hydrogen) atoms. The highest BCUT2D eigenvalue weighted by Crippen LogP contribution is 2.37. The number of hydrogen-bond donors (Lipinski definition) is 2. The molecule has 1 atom stereocenters. The van der Waals surface area contributed by atoms with Gasteiger partial charge in [0.1, 0.15) is 5.25 Å². The van der Waals surface area contributed by atoms with E-state index < -0.39 is 10.2 Å². The molecule has 5 aromatic rings. The number of nitrogens with zero attached hydrogens (tertiary/aromatic N) is 2. The van der Waals surface area contributed by atoms with E-state index in [-0.39, 0.29) is 17.5 Å². The molecule has 0 fully saturated rings. The fourth-order valence-corrected chi connectivity index (χ4v) is 6.13. The molecule has 0 aliphatic rings. The summed E-state index contributed by atoms with van der Waals surface area (Å²) >= 11 is 4.37. The molecule has 0 radical (unpaired) electrons. The first-order chi connectivity index (χ1) is 19.0. The number of anilines is 2. The lowest BCUT2D eigenvalue weighted by molar-refractivity contribution is -0.384. The summed E-state index contributed by atoms with van der Waals surface area (Å²) in [5.41, 5.74) is 2.48. The summed E-state index contributed by atoms with van der Waals surface area (Å²) in [5.74, 6) is -0.564. The SMILES string of the molecule is O=C(Nc1ccc(SC(C(=O)Nc2nc(-c3cccs3)cs2)c2ccccc2)cc1)c1ccc([N+](=O)[O-])cc1. The second-order valence-corrected chi connectivity index (χ2v) is 11.2. The predicted octanol–water partition coefficient (Wildman–Crippen LogP) is 7.50. The lowest BCUT2D eigenvalue weighted by Gasteiger charge is -2.16. The summed E-state index contributed by atoms with van der Waals surface area (Å²) in [5, 5.41) is 20.5. The summed E-state index contributed by atoms with van der Waals surface area (Å²) in [6, 6.07) is 26.0. The van der Waals surface area contributed by atoms with Gasteiger partial charge in [-0.3, -0.25) is 19.7 Å². The summed E-state index contributed by atoms with van der Waals surface area (Å²) < 4.78 is 0. The summed E-state index contributed by atoms with van der Waals surface area (Å²) in [6.45, 7) is 0. The van der Waals surface area contributed by atoms with Gasteiger partial charge >= 0.3 is 0 Å². The van der Waals surface area contributed by atoms with Crippen LogP contribution in [0.1, 0.15) is 21.2 Å². The number of hydrogen-bond acceptors (Lipinski definition) is 8. The molecule has 2 heterocycles. The lowest BCUT2D eigenvalue weighted by Crippen LogP contribution is -2.19. The molecule has 0 aliphatic heterocycles. The van der Waals surface area contributed by atoms with Crippen LogP contribution < -0.4 is 10.6 Å². The molecule has 0 spiro atoms. The van der Waals surface area contributed by atoms with Gasteiger partial charge < -0.3 is 10.6 Å². The van der Waals surface area contributed by atoms with Crippen molar-refractivity contribution in [2.24, 2.45) is 0 Å². The van der Waals surface area contributed by atoms with Gasteiger partial charge in [0.05, 0.1) is 15.5 Å². The number of nitrogens with one attached hydrogen (secondary N) is 2. The average Bonchev–Trinajstić information content (AvgIpc) is 3.66. The summed E-state index contributed by atoms with van der Waals surface area (Å²) in [4.78, 5) is 42.7. The largest absolute Gasteiger partial charge is 0.322 e. The highest BCUT2D eigenvalue weighted by atomic mass is 32.2. The number of nitro groups is 1. The van der Waals surface area contributed by atoms with Crippen molar-refractivity contribution in [2.45, 2.75) is 10.1 Å². The number of aromatic nitrogens is 1. The third kappa shape index (κ3) is 6.58. The first-order valence-corrected chi connectivity index (χ1v) is 14.3. The number of thiazole rings is 1. The third-order valence-electron chi connectivity index (χ3n) is 5.55. The molecule has 0 aliphatic carbocycles. The maximum absolute atomic E-state index is 13.4. The maximum Gasteiger partial charge on any atom is 0.269 e. The van der Waals surface area contributed by atoms with Crippen LogP contribution in [0.5, 0.6) is 0 Å². The number of carbonyl (C=O) groups excluding carboxylic acids is 2. The molecular formula is C28H20N4O4S3. The molecule has 0 saturated heterocycles. The van der Waals surface area contributed by atoms with Crippen molar-refractivity contribution in [3.63, 3.8) is 0 Å². The minimum Gasteiger partial charge on any atom is -0.322 e. The van der Waals surface area contributed by atoms with E-state index in [1.165, 1.54) is 47.4 Å². The Bertz CT molecular complexity index is 1590. The standard InChI is InChI=1S/C28H20N4O4S3/c33-26(19-8-12-21(13-9-19)32(35)36)29-20-10-14-22(15-11-20)39-25(18-5-2-1-3-6-18)27(34)31-28-30-23(17-38-28)24-7-4-16-37-24/h1-17,25H,(H,29,33)(H,30,31,34). The van der Waals surface area contributed by atoms with Gasteiger partial charge in [0.15, 0.2) is 5.13 Å². The topological polar surface area (TPSA) is 114 Å². The van der Waals surface area contributed by atoms with Crippen molar-refractivity contribution in [2.75, 3.05) is 10.6 Å². The van der Waals surface area contributed by atoms with Gasteiger partial charge in [0, 0.05) is 33.7 Å². The first kappa shape index (κ1) is 26.3. The average molecular weight is 573 g/mol. The number of non-ortho nitro benzene ring substituents is 1. The molecule has 11 heteroatoms. The van der Waals surface area contributed by atoms with E-state index in [0.29, 0.717) is 16.4 Å². The van der Waals surface area contributed by atoms with Crippen LogP contribution >= 0.6 is 34.4 Å². The van der Waals surface area contributed by atoms with Gasteiger partial charge in [-0.25, -0.2) is 4.98 Å². The number of thioether (sulfide) groups is 1. The van der Waals surface area contributed by atoms with Gasteiger partial charge in [0.2, 0.25) is 5.91 Å². The number of carbonyl (C=O) groups is 2. The molecule has 2 amide bonds. The number of benzene rings is 3. The molecular weight excluding hydrogens is 553 g/mol. The van der Waals surface area contributed by atoms with E-state index in [9.17, 15) is 19.7 Å². The van der Waals surface area contributed by atoms with Crippen LogP contribution in [0.3, 0.4) is 0 Å². The van der Waals surface area contributed by atoms with Crippen molar-refractivity contribution in [1.82, 2.24) is 4.98 Å². The zero-order valence-electron chi connectivity index (χ0n) is 20.1. The monoisotopic (exact) mass is 572 g/mol. The maximum atomic E-state index is 13.4. The van der Waals surface area contributed by atoms with Gasteiger partial charge in [-0.05, 0) is 53.4 Å². The van der Waals surface area contributed by atoms with Crippen LogP contribution in [0.4, 0.5) is 16.5 Å². The summed E-state index contributed by atoms with van der Waals surface area (Å²) in [7, 11) is 0. The fraction of sp³-hybridized carbons (Fsp3) is 0.0357. The predicted molar refractivity (Wildman–Crippen MR) is 157 cm³/mol.